The monoisotopic (exact) mass is 185 g/mol. The van der Waals surface area contributed by atoms with Crippen LogP contribution in [-0.2, 0) is 0 Å². The zero-order chi connectivity index (χ0) is 9.97. The molecule has 14 heavy (non-hydrogen) atoms. The lowest BCUT2D eigenvalue weighted by Crippen LogP contribution is -2.19. The molecule has 0 saturated carbocycles. The number of rotatable bonds is 1. The number of anilines is 2. The van der Waals surface area contributed by atoms with Gasteiger partial charge in [0.25, 0.3) is 0 Å². The van der Waals surface area contributed by atoms with Crippen LogP contribution in [0.15, 0.2) is 30.4 Å². The van der Waals surface area contributed by atoms with Crippen LogP contribution in [0.5, 0.6) is 0 Å². The lowest BCUT2D eigenvalue weighted by atomic mass is 10.1. The molecule has 0 bridgehead atoms. The molecular formula is C11H11N3. The van der Waals surface area contributed by atoms with E-state index in [9.17, 15) is 0 Å². The average molecular weight is 185 g/mol. The van der Waals surface area contributed by atoms with Gasteiger partial charge in [-0.05, 0) is 18.2 Å². The Hall–Kier alpha value is -1.95. The van der Waals surface area contributed by atoms with E-state index >= 15 is 0 Å². The molecule has 0 aliphatic carbocycles. The number of nitrogen functional groups attached to an aromatic ring is 1. The molecule has 1 aliphatic heterocycles. The molecule has 70 valence electrons. The van der Waals surface area contributed by atoms with Crippen LogP contribution in [0, 0.1) is 11.3 Å². The zero-order valence-corrected chi connectivity index (χ0v) is 7.77. The largest absolute Gasteiger partial charge is 0.399 e. The summed E-state index contributed by atoms with van der Waals surface area (Å²) in [7, 11) is 0. The van der Waals surface area contributed by atoms with Crippen molar-refractivity contribution in [2.75, 3.05) is 23.7 Å². The molecule has 0 aromatic heterocycles. The molecule has 2 rings (SSSR count). The maximum atomic E-state index is 8.95. The molecule has 0 saturated heterocycles. The number of hydrogen-bond donors (Lipinski definition) is 1. The first kappa shape index (κ1) is 8.64. The fraction of sp³-hybridized carbons (Fsp3) is 0.182. The third-order valence-electron chi connectivity index (χ3n) is 2.30. The quantitative estimate of drug-likeness (QED) is 0.533. The van der Waals surface area contributed by atoms with Crippen molar-refractivity contribution in [1.29, 1.82) is 5.26 Å². The van der Waals surface area contributed by atoms with E-state index in [-0.39, 0.29) is 0 Å². The van der Waals surface area contributed by atoms with Crippen molar-refractivity contribution in [2.45, 2.75) is 0 Å². The van der Waals surface area contributed by atoms with Gasteiger partial charge in [0, 0.05) is 18.8 Å². The Morgan fingerprint density at radius 1 is 1.29 bits per heavy atom. The molecule has 1 aliphatic rings. The standard InChI is InChI=1S/C11H11N3/c12-8-9-7-10(13)3-4-11(9)14-5-1-2-6-14/h1-4,7H,5-6,13H2. The van der Waals surface area contributed by atoms with Gasteiger partial charge in [-0.15, -0.1) is 0 Å². The predicted octanol–water partition coefficient (Wildman–Crippen LogP) is 1.52. The van der Waals surface area contributed by atoms with Crippen LogP contribution >= 0.6 is 0 Å². The molecule has 0 fully saturated rings. The average Bonchev–Trinajstić information content (AvgIpc) is 2.70. The van der Waals surface area contributed by atoms with Crippen molar-refractivity contribution in [1.82, 2.24) is 0 Å². The van der Waals surface area contributed by atoms with E-state index in [1.54, 1.807) is 6.07 Å². The van der Waals surface area contributed by atoms with Crippen LogP contribution < -0.4 is 10.6 Å². The molecule has 3 nitrogen and oxygen atoms in total. The summed E-state index contributed by atoms with van der Waals surface area (Å²) >= 11 is 0. The summed E-state index contributed by atoms with van der Waals surface area (Å²) in [6, 6.07) is 7.61. The summed E-state index contributed by atoms with van der Waals surface area (Å²) in [5.74, 6) is 0. The second-order valence-electron chi connectivity index (χ2n) is 3.26. The van der Waals surface area contributed by atoms with Gasteiger partial charge in [0.1, 0.15) is 6.07 Å². The first-order valence-corrected chi connectivity index (χ1v) is 4.51. The van der Waals surface area contributed by atoms with Crippen LogP contribution in [0.4, 0.5) is 11.4 Å². The minimum absolute atomic E-state index is 0.637. The first-order chi connectivity index (χ1) is 6.81. The second-order valence-corrected chi connectivity index (χ2v) is 3.26. The SMILES string of the molecule is N#Cc1cc(N)ccc1N1CC=CC1. The predicted molar refractivity (Wildman–Crippen MR) is 56.9 cm³/mol. The topological polar surface area (TPSA) is 53.1 Å². The van der Waals surface area contributed by atoms with Crippen molar-refractivity contribution >= 4 is 11.4 Å². The fourth-order valence-corrected chi connectivity index (χ4v) is 1.59. The van der Waals surface area contributed by atoms with Crippen molar-refractivity contribution < 1.29 is 0 Å². The summed E-state index contributed by atoms with van der Waals surface area (Å²) in [5, 5.41) is 8.95. The van der Waals surface area contributed by atoms with Crippen molar-refractivity contribution in [3.63, 3.8) is 0 Å². The molecule has 1 heterocycles. The maximum Gasteiger partial charge on any atom is 0.101 e. The molecule has 2 N–H and O–H groups in total. The van der Waals surface area contributed by atoms with E-state index < -0.39 is 0 Å². The number of benzene rings is 1. The van der Waals surface area contributed by atoms with E-state index in [4.69, 9.17) is 11.0 Å². The number of nitrogens with zero attached hydrogens (tertiary/aromatic N) is 2. The van der Waals surface area contributed by atoms with Gasteiger partial charge in [-0.3, -0.25) is 0 Å². The van der Waals surface area contributed by atoms with Gasteiger partial charge in [-0.25, -0.2) is 0 Å². The highest BCUT2D eigenvalue weighted by Gasteiger charge is 2.11. The Balaban J connectivity index is 2.38. The summed E-state index contributed by atoms with van der Waals surface area (Å²) in [4.78, 5) is 2.14. The Kier molecular flexibility index (Phi) is 2.11. The second kappa shape index (κ2) is 3.43. The molecule has 0 spiro atoms. The van der Waals surface area contributed by atoms with E-state index in [0.29, 0.717) is 11.3 Å². The summed E-state index contributed by atoms with van der Waals surface area (Å²) in [6.07, 6.45) is 4.19. The van der Waals surface area contributed by atoms with Crippen molar-refractivity contribution in [3.05, 3.63) is 35.9 Å². The van der Waals surface area contributed by atoms with Crippen LogP contribution in [0.1, 0.15) is 5.56 Å². The third-order valence-corrected chi connectivity index (χ3v) is 2.30. The van der Waals surface area contributed by atoms with Gasteiger partial charge < -0.3 is 10.6 Å². The molecule has 0 unspecified atom stereocenters. The Morgan fingerprint density at radius 2 is 2.00 bits per heavy atom. The zero-order valence-electron chi connectivity index (χ0n) is 7.77. The maximum absolute atomic E-state index is 8.95. The Labute approximate surface area is 83.1 Å². The normalized spacial score (nSPS) is 14.4. The summed E-state index contributed by atoms with van der Waals surface area (Å²) in [6.45, 7) is 1.75. The first-order valence-electron chi connectivity index (χ1n) is 4.51. The van der Waals surface area contributed by atoms with E-state index in [0.717, 1.165) is 18.8 Å². The molecule has 0 amide bonds. The van der Waals surface area contributed by atoms with Gasteiger partial charge in [0.05, 0.1) is 11.3 Å². The molecule has 1 aromatic rings. The van der Waals surface area contributed by atoms with Crippen molar-refractivity contribution in [3.8, 4) is 6.07 Å². The van der Waals surface area contributed by atoms with Crippen LogP contribution in [0.25, 0.3) is 0 Å². The molecular weight excluding hydrogens is 174 g/mol. The molecule has 0 atom stereocenters. The Morgan fingerprint density at radius 3 is 2.64 bits per heavy atom. The lowest BCUT2D eigenvalue weighted by Gasteiger charge is -2.18. The molecule has 1 aromatic carbocycles. The highest BCUT2D eigenvalue weighted by Crippen LogP contribution is 2.23. The summed E-state index contributed by atoms with van der Waals surface area (Å²) < 4.78 is 0. The minimum Gasteiger partial charge on any atom is -0.399 e. The Bertz CT molecular complexity index is 407. The minimum atomic E-state index is 0.637. The fourth-order valence-electron chi connectivity index (χ4n) is 1.59. The van der Waals surface area contributed by atoms with E-state index in [1.165, 1.54) is 0 Å². The lowest BCUT2D eigenvalue weighted by molar-refractivity contribution is 1.00. The van der Waals surface area contributed by atoms with Gasteiger partial charge >= 0.3 is 0 Å². The van der Waals surface area contributed by atoms with Crippen LogP contribution in [-0.4, -0.2) is 13.1 Å². The number of nitrogens with two attached hydrogens (primary N) is 1. The van der Waals surface area contributed by atoms with Gasteiger partial charge in [-0.2, -0.15) is 5.26 Å². The van der Waals surface area contributed by atoms with Gasteiger partial charge in [0.2, 0.25) is 0 Å². The van der Waals surface area contributed by atoms with Gasteiger partial charge in [0.15, 0.2) is 0 Å². The number of hydrogen-bond acceptors (Lipinski definition) is 3. The summed E-state index contributed by atoms with van der Waals surface area (Å²) in [5.41, 5.74) is 7.86. The van der Waals surface area contributed by atoms with Crippen molar-refractivity contribution in [2.24, 2.45) is 0 Å². The smallest absolute Gasteiger partial charge is 0.101 e. The van der Waals surface area contributed by atoms with Crippen LogP contribution in [0.2, 0.25) is 0 Å². The van der Waals surface area contributed by atoms with Crippen LogP contribution in [0.3, 0.4) is 0 Å². The highest BCUT2D eigenvalue weighted by molar-refractivity contribution is 5.65. The highest BCUT2D eigenvalue weighted by atomic mass is 15.1. The molecule has 0 radical (unpaired) electrons. The van der Waals surface area contributed by atoms with Gasteiger partial charge in [-0.1, -0.05) is 12.2 Å². The number of nitriles is 1. The molecule has 3 heteroatoms. The van der Waals surface area contributed by atoms with E-state index in [1.807, 2.05) is 12.1 Å². The van der Waals surface area contributed by atoms with E-state index in [2.05, 4.69) is 23.1 Å². The third kappa shape index (κ3) is 1.42.